The van der Waals surface area contributed by atoms with Crippen LogP contribution < -0.4 is 15.8 Å². The van der Waals surface area contributed by atoms with Crippen molar-refractivity contribution in [2.75, 3.05) is 11.4 Å². The maximum atomic E-state index is 12.3. The molecule has 25 heavy (non-hydrogen) atoms. The van der Waals surface area contributed by atoms with Gasteiger partial charge >= 0.3 is 0 Å². The molecule has 3 rings (SSSR count). The summed E-state index contributed by atoms with van der Waals surface area (Å²) in [5.41, 5.74) is 7.85. The third kappa shape index (κ3) is 3.71. The SMILES string of the molecule is Cc1ccc(N2C[C@@H](C(=O)NNC(=O)c3cccs3)CC2=O)cc1C. The summed E-state index contributed by atoms with van der Waals surface area (Å²) in [7, 11) is 0. The molecule has 1 aliphatic rings. The molecule has 0 unspecified atom stereocenters. The van der Waals surface area contributed by atoms with Gasteiger partial charge in [-0.1, -0.05) is 12.1 Å². The van der Waals surface area contributed by atoms with E-state index in [-0.39, 0.29) is 24.1 Å². The van der Waals surface area contributed by atoms with E-state index in [1.165, 1.54) is 11.3 Å². The van der Waals surface area contributed by atoms with Crippen LogP contribution in [0.1, 0.15) is 27.2 Å². The van der Waals surface area contributed by atoms with Gasteiger partial charge in [-0.25, -0.2) is 0 Å². The van der Waals surface area contributed by atoms with Crippen LogP contribution in [0, 0.1) is 19.8 Å². The fourth-order valence-electron chi connectivity index (χ4n) is 2.72. The minimum absolute atomic E-state index is 0.0898. The van der Waals surface area contributed by atoms with Gasteiger partial charge in [-0.05, 0) is 48.6 Å². The number of aryl methyl sites for hydroxylation is 2. The van der Waals surface area contributed by atoms with Crippen LogP contribution in [0.15, 0.2) is 35.7 Å². The lowest BCUT2D eigenvalue weighted by Gasteiger charge is -2.18. The van der Waals surface area contributed by atoms with Crippen molar-refractivity contribution in [3.8, 4) is 0 Å². The standard InChI is InChI=1S/C18H19N3O3S/c1-11-5-6-14(8-12(11)2)21-10-13(9-16(21)22)17(23)19-20-18(24)15-4-3-7-25-15/h3-8,13H,9-10H2,1-2H3,(H,19,23)(H,20,24)/t13-/m0/s1. The smallest absolute Gasteiger partial charge is 0.279 e. The predicted molar refractivity (Wildman–Crippen MR) is 96.3 cm³/mol. The van der Waals surface area contributed by atoms with E-state index < -0.39 is 5.92 Å². The van der Waals surface area contributed by atoms with Gasteiger partial charge in [-0.2, -0.15) is 0 Å². The molecule has 0 spiro atoms. The van der Waals surface area contributed by atoms with Gasteiger partial charge in [-0.15, -0.1) is 11.3 Å². The van der Waals surface area contributed by atoms with Gasteiger partial charge in [0.2, 0.25) is 11.8 Å². The lowest BCUT2D eigenvalue weighted by atomic mass is 10.1. The Bertz CT molecular complexity index is 817. The number of carbonyl (C=O) groups excluding carboxylic acids is 3. The molecule has 0 bridgehead atoms. The summed E-state index contributed by atoms with van der Waals surface area (Å²) in [4.78, 5) is 38.5. The molecule has 1 saturated heterocycles. The Morgan fingerprint density at radius 2 is 1.96 bits per heavy atom. The normalized spacial score (nSPS) is 16.8. The van der Waals surface area contributed by atoms with E-state index >= 15 is 0 Å². The number of hydrogen-bond acceptors (Lipinski definition) is 4. The molecule has 2 aromatic rings. The van der Waals surface area contributed by atoms with Crippen molar-refractivity contribution in [1.82, 2.24) is 10.9 Å². The monoisotopic (exact) mass is 357 g/mol. The van der Waals surface area contributed by atoms with Crippen molar-refractivity contribution in [3.05, 3.63) is 51.7 Å². The van der Waals surface area contributed by atoms with E-state index in [1.54, 1.807) is 22.4 Å². The molecule has 0 radical (unpaired) electrons. The molecule has 130 valence electrons. The summed E-state index contributed by atoms with van der Waals surface area (Å²) in [6.07, 6.45) is 0.133. The lowest BCUT2D eigenvalue weighted by molar-refractivity contribution is -0.126. The zero-order chi connectivity index (χ0) is 18.0. The number of carbonyl (C=O) groups is 3. The van der Waals surface area contributed by atoms with Gasteiger partial charge in [-0.3, -0.25) is 25.2 Å². The van der Waals surface area contributed by atoms with E-state index in [0.29, 0.717) is 11.4 Å². The Morgan fingerprint density at radius 1 is 1.16 bits per heavy atom. The average molecular weight is 357 g/mol. The maximum Gasteiger partial charge on any atom is 0.279 e. The zero-order valence-electron chi connectivity index (χ0n) is 14.0. The molecular weight excluding hydrogens is 338 g/mol. The quantitative estimate of drug-likeness (QED) is 0.827. The summed E-state index contributed by atoms with van der Waals surface area (Å²) in [5, 5.41) is 1.79. The third-order valence-corrected chi connectivity index (χ3v) is 5.21. The van der Waals surface area contributed by atoms with Crippen LogP contribution in [-0.4, -0.2) is 24.3 Å². The lowest BCUT2D eigenvalue weighted by Crippen LogP contribution is -2.44. The summed E-state index contributed by atoms with van der Waals surface area (Å²) in [6.45, 7) is 4.31. The van der Waals surface area contributed by atoms with Gasteiger partial charge in [0.1, 0.15) is 0 Å². The molecule has 0 aliphatic carbocycles. The fraction of sp³-hybridized carbons (Fsp3) is 0.278. The van der Waals surface area contributed by atoms with Crippen molar-refractivity contribution in [2.45, 2.75) is 20.3 Å². The minimum Gasteiger partial charge on any atom is -0.312 e. The number of thiophene rings is 1. The molecule has 7 heteroatoms. The van der Waals surface area contributed by atoms with Crippen LogP contribution in [0.25, 0.3) is 0 Å². The largest absolute Gasteiger partial charge is 0.312 e. The Morgan fingerprint density at radius 3 is 2.64 bits per heavy atom. The first-order chi connectivity index (χ1) is 12.0. The van der Waals surface area contributed by atoms with Gasteiger partial charge in [0, 0.05) is 18.7 Å². The maximum absolute atomic E-state index is 12.3. The number of nitrogens with one attached hydrogen (secondary N) is 2. The molecule has 1 fully saturated rings. The summed E-state index contributed by atoms with van der Waals surface area (Å²) >= 11 is 1.29. The van der Waals surface area contributed by atoms with E-state index in [2.05, 4.69) is 10.9 Å². The second kappa shape index (κ2) is 7.06. The number of hydrogen-bond donors (Lipinski definition) is 2. The molecule has 1 aliphatic heterocycles. The molecule has 1 aromatic carbocycles. The summed E-state index contributed by atoms with van der Waals surface area (Å²) in [6, 6.07) is 9.24. The number of anilines is 1. The first-order valence-electron chi connectivity index (χ1n) is 7.97. The Hall–Kier alpha value is -2.67. The van der Waals surface area contributed by atoms with E-state index in [1.807, 2.05) is 32.0 Å². The molecule has 1 atom stereocenters. The van der Waals surface area contributed by atoms with Crippen LogP contribution in [0.2, 0.25) is 0 Å². The minimum atomic E-state index is -0.488. The van der Waals surface area contributed by atoms with E-state index in [9.17, 15) is 14.4 Å². The molecule has 2 N–H and O–H groups in total. The van der Waals surface area contributed by atoms with E-state index in [0.717, 1.165) is 16.8 Å². The van der Waals surface area contributed by atoms with E-state index in [4.69, 9.17) is 0 Å². The molecule has 2 heterocycles. The summed E-state index contributed by atoms with van der Waals surface area (Å²) in [5.74, 6) is -1.30. The van der Waals surface area contributed by atoms with Gasteiger partial charge in [0.25, 0.3) is 5.91 Å². The number of rotatable bonds is 3. The van der Waals surface area contributed by atoms with Crippen molar-refractivity contribution in [2.24, 2.45) is 5.92 Å². The number of hydrazine groups is 1. The Kier molecular flexibility index (Phi) is 4.85. The van der Waals surface area contributed by atoms with Gasteiger partial charge in [0.15, 0.2) is 0 Å². The van der Waals surface area contributed by atoms with Crippen LogP contribution in [0.5, 0.6) is 0 Å². The van der Waals surface area contributed by atoms with Crippen molar-refractivity contribution in [1.29, 1.82) is 0 Å². The van der Waals surface area contributed by atoms with Crippen LogP contribution in [-0.2, 0) is 9.59 Å². The topological polar surface area (TPSA) is 78.5 Å². The molecule has 3 amide bonds. The number of benzene rings is 1. The van der Waals surface area contributed by atoms with Crippen LogP contribution in [0.3, 0.4) is 0 Å². The molecule has 6 nitrogen and oxygen atoms in total. The highest BCUT2D eigenvalue weighted by molar-refractivity contribution is 7.12. The first-order valence-corrected chi connectivity index (χ1v) is 8.85. The second-order valence-corrected chi connectivity index (χ2v) is 7.04. The van der Waals surface area contributed by atoms with Crippen molar-refractivity contribution >= 4 is 34.7 Å². The highest BCUT2D eigenvalue weighted by Crippen LogP contribution is 2.26. The highest BCUT2D eigenvalue weighted by Gasteiger charge is 2.35. The molecular formula is C18H19N3O3S. The highest BCUT2D eigenvalue weighted by atomic mass is 32.1. The Balaban J connectivity index is 1.60. The van der Waals surface area contributed by atoms with Gasteiger partial charge < -0.3 is 4.90 Å². The van der Waals surface area contributed by atoms with Crippen molar-refractivity contribution < 1.29 is 14.4 Å². The Labute approximate surface area is 149 Å². The molecule has 0 saturated carbocycles. The predicted octanol–water partition coefficient (Wildman–Crippen LogP) is 2.18. The first kappa shape index (κ1) is 17.2. The van der Waals surface area contributed by atoms with Crippen LogP contribution in [0.4, 0.5) is 5.69 Å². The molecule has 1 aromatic heterocycles. The number of nitrogens with zero attached hydrogens (tertiary/aromatic N) is 1. The second-order valence-electron chi connectivity index (χ2n) is 6.09. The average Bonchev–Trinajstić information content (AvgIpc) is 3.24. The van der Waals surface area contributed by atoms with Gasteiger partial charge in [0.05, 0.1) is 10.8 Å². The van der Waals surface area contributed by atoms with Crippen molar-refractivity contribution in [3.63, 3.8) is 0 Å². The zero-order valence-corrected chi connectivity index (χ0v) is 14.9. The number of amides is 3. The fourth-order valence-corrected chi connectivity index (χ4v) is 3.33. The third-order valence-electron chi connectivity index (χ3n) is 4.34. The van der Waals surface area contributed by atoms with Crippen LogP contribution >= 0.6 is 11.3 Å². The summed E-state index contributed by atoms with van der Waals surface area (Å²) < 4.78 is 0.